The highest BCUT2D eigenvalue weighted by Crippen LogP contribution is 2.38. The molecule has 0 heterocycles. The van der Waals surface area contributed by atoms with Crippen LogP contribution in [0.25, 0.3) is 0 Å². The number of methoxy groups -OCH3 is 1. The molecular weight excluding hydrogens is 228 g/mol. The number of hydrogen-bond donors (Lipinski definition) is 1. The molecule has 3 nitrogen and oxygen atoms in total. The number of rotatable bonds is 2. The fraction of sp³-hybridized carbons (Fsp3) is 0.267. The number of aliphatic hydroxyl groups is 1. The van der Waals surface area contributed by atoms with Gasteiger partial charge in [-0.1, -0.05) is 36.9 Å². The first-order chi connectivity index (χ1) is 8.63. The molecule has 0 saturated heterocycles. The van der Waals surface area contributed by atoms with E-state index in [-0.39, 0.29) is 11.7 Å². The predicted octanol–water partition coefficient (Wildman–Crippen LogP) is 3.11. The second-order valence-corrected chi connectivity index (χ2v) is 4.44. The first-order valence-corrected chi connectivity index (χ1v) is 5.87. The summed E-state index contributed by atoms with van der Waals surface area (Å²) in [5.74, 6) is -0.313. The molecule has 0 aromatic heterocycles. The number of aliphatic hydroxyl groups excluding tert-OH is 1. The zero-order valence-electron chi connectivity index (χ0n) is 10.3. The Kier molecular flexibility index (Phi) is 3.51. The Bertz CT molecular complexity index is 500. The first-order valence-electron chi connectivity index (χ1n) is 5.87. The van der Waals surface area contributed by atoms with E-state index in [4.69, 9.17) is 4.74 Å². The Morgan fingerprint density at radius 1 is 1.33 bits per heavy atom. The molecule has 1 aromatic rings. The molecule has 1 aliphatic rings. The van der Waals surface area contributed by atoms with Gasteiger partial charge in [-0.2, -0.15) is 0 Å². The van der Waals surface area contributed by atoms with Gasteiger partial charge < -0.3 is 9.84 Å². The monoisotopic (exact) mass is 244 g/mol. The lowest BCUT2D eigenvalue weighted by molar-refractivity contribution is -0.136. The Morgan fingerprint density at radius 2 is 2.00 bits per heavy atom. The third-order valence-corrected chi connectivity index (χ3v) is 3.27. The van der Waals surface area contributed by atoms with E-state index in [0.717, 1.165) is 5.56 Å². The second kappa shape index (κ2) is 5.08. The van der Waals surface area contributed by atoms with Gasteiger partial charge in [0.2, 0.25) is 0 Å². The summed E-state index contributed by atoms with van der Waals surface area (Å²) in [6.07, 6.45) is 1.15. The van der Waals surface area contributed by atoms with Gasteiger partial charge >= 0.3 is 5.97 Å². The van der Waals surface area contributed by atoms with Crippen molar-refractivity contribution in [2.75, 3.05) is 7.11 Å². The Balaban J connectivity index is 2.31. The average Bonchev–Trinajstić information content (AvgIpc) is 2.41. The van der Waals surface area contributed by atoms with Gasteiger partial charge in [-0.05, 0) is 29.9 Å². The van der Waals surface area contributed by atoms with Crippen LogP contribution < -0.4 is 0 Å². The van der Waals surface area contributed by atoms with Gasteiger partial charge in [0.05, 0.1) is 12.7 Å². The number of allylic oxidation sites excluding steroid dienone is 1. The molecular formula is C15H16O3. The number of carbonyl (C=O) groups is 1. The lowest BCUT2D eigenvalue weighted by Crippen LogP contribution is -2.18. The van der Waals surface area contributed by atoms with Gasteiger partial charge in [-0.25, -0.2) is 4.79 Å². The van der Waals surface area contributed by atoms with Crippen molar-refractivity contribution in [3.63, 3.8) is 0 Å². The molecule has 0 saturated carbocycles. The van der Waals surface area contributed by atoms with Gasteiger partial charge in [0.25, 0.3) is 0 Å². The van der Waals surface area contributed by atoms with Crippen molar-refractivity contribution in [1.82, 2.24) is 0 Å². The Hall–Kier alpha value is -2.03. The van der Waals surface area contributed by atoms with Crippen LogP contribution in [0.5, 0.6) is 0 Å². The summed E-state index contributed by atoms with van der Waals surface area (Å²) in [5, 5.41) is 9.88. The summed E-state index contributed by atoms with van der Waals surface area (Å²) in [7, 11) is 1.32. The maximum Gasteiger partial charge on any atom is 0.337 e. The lowest BCUT2D eigenvalue weighted by atomic mass is 9.81. The summed E-state index contributed by atoms with van der Waals surface area (Å²) in [6.45, 7) is 3.82. The minimum Gasteiger partial charge on any atom is -0.507 e. The third kappa shape index (κ3) is 2.30. The molecule has 1 N–H and O–H groups in total. The minimum absolute atomic E-state index is 0.00553. The van der Waals surface area contributed by atoms with Crippen LogP contribution in [0.2, 0.25) is 0 Å². The third-order valence-electron chi connectivity index (χ3n) is 3.27. The van der Waals surface area contributed by atoms with Crippen LogP contribution in [0.3, 0.4) is 0 Å². The second-order valence-electron chi connectivity index (χ2n) is 4.44. The van der Waals surface area contributed by atoms with E-state index >= 15 is 0 Å². The van der Waals surface area contributed by atoms with Crippen LogP contribution in [0, 0.1) is 0 Å². The van der Waals surface area contributed by atoms with Gasteiger partial charge in [0.15, 0.2) is 0 Å². The van der Waals surface area contributed by atoms with Gasteiger partial charge in [0, 0.05) is 0 Å². The highest BCUT2D eigenvalue weighted by molar-refractivity contribution is 5.90. The first kappa shape index (κ1) is 12.4. The van der Waals surface area contributed by atoms with Crippen molar-refractivity contribution in [2.45, 2.75) is 18.8 Å². The van der Waals surface area contributed by atoms with Crippen molar-refractivity contribution in [3.05, 3.63) is 59.4 Å². The maximum absolute atomic E-state index is 11.6. The number of hydrogen-bond acceptors (Lipinski definition) is 3. The molecule has 0 radical (unpaired) electrons. The topological polar surface area (TPSA) is 46.5 Å². The molecule has 94 valence electrons. The molecule has 0 aliphatic heterocycles. The van der Waals surface area contributed by atoms with Crippen LogP contribution in [-0.2, 0) is 9.53 Å². The molecule has 1 aromatic carbocycles. The largest absolute Gasteiger partial charge is 0.507 e. The quantitative estimate of drug-likeness (QED) is 0.813. The summed E-state index contributed by atoms with van der Waals surface area (Å²) in [5.41, 5.74) is 2.06. The molecule has 1 atom stereocenters. The highest BCUT2D eigenvalue weighted by Gasteiger charge is 2.29. The fourth-order valence-corrected chi connectivity index (χ4v) is 2.29. The normalized spacial score (nSPS) is 19.8. The molecule has 3 heteroatoms. The van der Waals surface area contributed by atoms with Crippen molar-refractivity contribution in [2.24, 2.45) is 0 Å². The standard InChI is InChI=1S/C15H16O3/c1-10-8-12(11-6-4-3-5-7-11)9-13(14(10)16)15(17)18-2/h3-7,12,16H,1,8-9H2,2H3. The van der Waals surface area contributed by atoms with E-state index < -0.39 is 5.97 Å². The maximum atomic E-state index is 11.6. The Labute approximate surface area is 106 Å². The molecule has 1 unspecified atom stereocenters. The molecule has 2 rings (SSSR count). The summed E-state index contributed by atoms with van der Waals surface area (Å²) in [4.78, 5) is 11.6. The van der Waals surface area contributed by atoms with Crippen LogP contribution in [0.4, 0.5) is 0 Å². The van der Waals surface area contributed by atoms with Crippen LogP contribution in [0.15, 0.2) is 53.8 Å². The highest BCUT2D eigenvalue weighted by atomic mass is 16.5. The summed E-state index contributed by atoms with van der Waals surface area (Å²) in [6, 6.07) is 9.93. The van der Waals surface area contributed by atoms with Gasteiger partial charge in [-0.15, -0.1) is 0 Å². The molecule has 0 amide bonds. The van der Waals surface area contributed by atoms with E-state index in [9.17, 15) is 9.90 Å². The molecule has 0 bridgehead atoms. The van der Waals surface area contributed by atoms with Gasteiger partial charge in [-0.3, -0.25) is 0 Å². The smallest absolute Gasteiger partial charge is 0.337 e. The zero-order chi connectivity index (χ0) is 13.1. The molecule has 18 heavy (non-hydrogen) atoms. The number of carbonyl (C=O) groups excluding carboxylic acids is 1. The predicted molar refractivity (Wildman–Crippen MR) is 69.2 cm³/mol. The fourth-order valence-electron chi connectivity index (χ4n) is 2.29. The Morgan fingerprint density at radius 3 is 2.61 bits per heavy atom. The van der Waals surface area contributed by atoms with E-state index in [1.54, 1.807) is 0 Å². The van der Waals surface area contributed by atoms with Crippen LogP contribution in [-0.4, -0.2) is 18.2 Å². The van der Waals surface area contributed by atoms with E-state index in [1.165, 1.54) is 7.11 Å². The minimum atomic E-state index is -0.478. The van der Waals surface area contributed by atoms with E-state index in [1.807, 2.05) is 30.3 Å². The van der Waals surface area contributed by atoms with E-state index in [2.05, 4.69) is 6.58 Å². The molecule has 0 fully saturated rings. The lowest BCUT2D eigenvalue weighted by Gasteiger charge is -2.25. The number of benzene rings is 1. The molecule has 1 aliphatic carbocycles. The molecule has 0 spiro atoms. The van der Waals surface area contributed by atoms with Crippen LogP contribution in [0.1, 0.15) is 24.3 Å². The zero-order valence-corrected chi connectivity index (χ0v) is 10.3. The van der Waals surface area contributed by atoms with Crippen LogP contribution >= 0.6 is 0 Å². The van der Waals surface area contributed by atoms with Crippen molar-refractivity contribution < 1.29 is 14.6 Å². The van der Waals surface area contributed by atoms with E-state index in [0.29, 0.717) is 24.0 Å². The average molecular weight is 244 g/mol. The van der Waals surface area contributed by atoms with Crippen molar-refractivity contribution >= 4 is 5.97 Å². The SMILES string of the molecule is C=C1CC(c2ccccc2)CC(C(=O)OC)=C1O. The van der Waals surface area contributed by atoms with Gasteiger partial charge in [0.1, 0.15) is 5.76 Å². The summed E-state index contributed by atoms with van der Waals surface area (Å²) >= 11 is 0. The number of esters is 1. The van der Waals surface area contributed by atoms with Crippen molar-refractivity contribution in [3.8, 4) is 0 Å². The van der Waals surface area contributed by atoms with Crippen molar-refractivity contribution in [1.29, 1.82) is 0 Å². The number of ether oxygens (including phenoxy) is 1. The summed E-state index contributed by atoms with van der Waals surface area (Å²) < 4.78 is 4.69.